The van der Waals surface area contributed by atoms with Crippen molar-refractivity contribution in [2.24, 2.45) is 0 Å². The molecule has 0 unspecified atom stereocenters. The van der Waals surface area contributed by atoms with Crippen molar-refractivity contribution in [1.29, 1.82) is 0 Å². The summed E-state index contributed by atoms with van der Waals surface area (Å²) in [5, 5.41) is 3.86. The van der Waals surface area contributed by atoms with Crippen molar-refractivity contribution < 1.29 is 0 Å². The summed E-state index contributed by atoms with van der Waals surface area (Å²) in [6, 6.07) is 6.86. The third kappa shape index (κ3) is 1.80. The van der Waals surface area contributed by atoms with Gasteiger partial charge in [0, 0.05) is 30.9 Å². The van der Waals surface area contributed by atoms with Gasteiger partial charge < -0.3 is 0 Å². The first-order valence-corrected chi connectivity index (χ1v) is 5.33. The molecule has 0 aliphatic heterocycles. The molecule has 2 rings (SSSR count). The van der Waals surface area contributed by atoms with Crippen LogP contribution in [0.15, 0.2) is 24.3 Å². The van der Waals surface area contributed by atoms with Crippen molar-refractivity contribution in [2.75, 3.05) is 0 Å². The lowest BCUT2D eigenvalue weighted by atomic mass is 10.1. The zero-order chi connectivity index (χ0) is 10.3. The maximum Gasteiger partial charge on any atom is 0.0500 e. The normalized spacial score (nSPS) is 10.9. The quantitative estimate of drug-likeness (QED) is 0.594. The van der Waals surface area contributed by atoms with Crippen molar-refractivity contribution in [3.8, 4) is 0 Å². The SMILES string of the molecule is Clc1cc(Cl)c2cc(Cl)cc(Cl)c2c1. The van der Waals surface area contributed by atoms with Crippen LogP contribution in [0.3, 0.4) is 0 Å². The molecule has 0 amide bonds. The highest BCUT2D eigenvalue weighted by molar-refractivity contribution is 6.43. The number of halogens is 4. The molecule has 0 aliphatic rings. The standard InChI is InChI=1S/C10H4Cl4/c11-5-1-7-8(10(14)3-5)2-6(12)4-9(7)13/h1-4H. The van der Waals surface area contributed by atoms with Crippen molar-refractivity contribution in [1.82, 2.24) is 0 Å². The minimum Gasteiger partial charge on any atom is -0.0843 e. The number of rotatable bonds is 0. The van der Waals surface area contributed by atoms with E-state index >= 15 is 0 Å². The molecular weight excluding hydrogens is 262 g/mol. The smallest absolute Gasteiger partial charge is 0.0500 e. The monoisotopic (exact) mass is 264 g/mol. The van der Waals surface area contributed by atoms with E-state index in [0.29, 0.717) is 20.1 Å². The van der Waals surface area contributed by atoms with Crippen molar-refractivity contribution in [3.63, 3.8) is 0 Å². The van der Waals surface area contributed by atoms with Gasteiger partial charge in [-0.2, -0.15) is 0 Å². The maximum absolute atomic E-state index is 6.00. The number of hydrogen-bond acceptors (Lipinski definition) is 0. The Kier molecular flexibility index (Phi) is 2.81. The molecule has 2 aromatic rings. The predicted molar refractivity (Wildman–Crippen MR) is 64.0 cm³/mol. The molecule has 0 N–H and O–H groups in total. The molecule has 0 heterocycles. The average molecular weight is 266 g/mol. The van der Waals surface area contributed by atoms with Gasteiger partial charge in [-0.3, -0.25) is 0 Å². The maximum atomic E-state index is 6.00. The van der Waals surface area contributed by atoms with E-state index in [9.17, 15) is 0 Å². The van der Waals surface area contributed by atoms with Gasteiger partial charge in [0.2, 0.25) is 0 Å². The Labute approximate surface area is 101 Å². The molecule has 0 nitrogen and oxygen atoms in total. The molecule has 0 aliphatic carbocycles. The summed E-state index contributed by atoms with van der Waals surface area (Å²) in [4.78, 5) is 0. The van der Waals surface area contributed by atoms with Crippen LogP contribution >= 0.6 is 46.4 Å². The first-order valence-electron chi connectivity index (χ1n) is 3.82. The first kappa shape index (κ1) is 10.4. The van der Waals surface area contributed by atoms with Crippen LogP contribution in [-0.2, 0) is 0 Å². The molecule has 0 spiro atoms. The second kappa shape index (κ2) is 3.79. The van der Waals surface area contributed by atoms with E-state index in [-0.39, 0.29) is 0 Å². The Morgan fingerprint density at radius 2 is 0.929 bits per heavy atom. The van der Waals surface area contributed by atoms with Crippen LogP contribution in [0, 0.1) is 0 Å². The summed E-state index contributed by atoms with van der Waals surface area (Å²) in [7, 11) is 0. The number of fused-ring (bicyclic) bond motifs is 1. The molecule has 0 bridgehead atoms. The Morgan fingerprint density at radius 1 is 0.571 bits per heavy atom. The fraction of sp³-hybridized carbons (Fsp3) is 0. The third-order valence-electron chi connectivity index (χ3n) is 1.90. The molecular formula is C10H4Cl4. The fourth-order valence-corrected chi connectivity index (χ4v) is 2.40. The van der Waals surface area contributed by atoms with Gasteiger partial charge in [0.1, 0.15) is 0 Å². The Balaban J connectivity index is 2.94. The average Bonchev–Trinajstić information content (AvgIpc) is 2.07. The lowest BCUT2D eigenvalue weighted by Gasteiger charge is -2.04. The fourth-order valence-electron chi connectivity index (χ4n) is 1.31. The van der Waals surface area contributed by atoms with E-state index in [4.69, 9.17) is 46.4 Å². The molecule has 0 aromatic heterocycles. The molecule has 0 atom stereocenters. The van der Waals surface area contributed by atoms with Crippen LogP contribution in [0.4, 0.5) is 0 Å². The highest BCUT2D eigenvalue weighted by Crippen LogP contribution is 2.34. The zero-order valence-corrected chi connectivity index (χ0v) is 9.84. The highest BCUT2D eigenvalue weighted by Gasteiger charge is 2.06. The Morgan fingerprint density at radius 3 is 1.29 bits per heavy atom. The van der Waals surface area contributed by atoms with E-state index < -0.39 is 0 Å². The zero-order valence-electron chi connectivity index (χ0n) is 6.82. The van der Waals surface area contributed by atoms with Crippen LogP contribution < -0.4 is 0 Å². The summed E-state index contributed by atoms with van der Waals surface area (Å²) in [5.41, 5.74) is 0. The highest BCUT2D eigenvalue weighted by atomic mass is 35.5. The predicted octanol–water partition coefficient (Wildman–Crippen LogP) is 5.45. The molecule has 0 fully saturated rings. The molecule has 4 heteroatoms. The Bertz CT molecular complexity index is 458. The van der Waals surface area contributed by atoms with Crippen LogP contribution in [0.25, 0.3) is 10.8 Å². The van der Waals surface area contributed by atoms with Crippen LogP contribution in [0.5, 0.6) is 0 Å². The second-order valence-corrected chi connectivity index (χ2v) is 4.56. The summed E-state index contributed by atoms with van der Waals surface area (Å²) in [6.07, 6.45) is 0. The molecule has 0 saturated carbocycles. The van der Waals surface area contributed by atoms with E-state index in [1.165, 1.54) is 0 Å². The van der Waals surface area contributed by atoms with Crippen LogP contribution in [0.2, 0.25) is 20.1 Å². The number of hydrogen-bond donors (Lipinski definition) is 0. The van der Waals surface area contributed by atoms with Gasteiger partial charge >= 0.3 is 0 Å². The van der Waals surface area contributed by atoms with E-state index in [1.807, 2.05) is 0 Å². The second-order valence-electron chi connectivity index (χ2n) is 2.87. The molecule has 0 saturated heterocycles. The topological polar surface area (TPSA) is 0 Å². The van der Waals surface area contributed by atoms with Gasteiger partial charge in [-0.25, -0.2) is 0 Å². The van der Waals surface area contributed by atoms with Gasteiger partial charge in [0.05, 0.1) is 0 Å². The molecule has 2 aromatic carbocycles. The number of benzene rings is 2. The summed E-state index contributed by atoms with van der Waals surface area (Å²) < 4.78 is 0. The molecule has 0 radical (unpaired) electrons. The summed E-state index contributed by atoms with van der Waals surface area (Å²) in [6.45, 7) is 0. The van der Waals surface area contributed by atoms with Gasteiger partial charge in [0.15, 0.2) is 0 Å². The van der Waals surface area contributed by atoms with E-state index in [2.05, 4.69) is 0 Å². The largest absolute Gasteiger partial charge is 0.0843 e. The summed E-state index contributed by atoms with van der Waals surface area (Å²) in [5.74, 6) is 0. The van der Waals surface area contributed by atoms with Crippen molar-refractivity contribution >= 4 is 57.2 Å². The molecule has 14 heavy (non-hydrogen) atoms. The van der Waals surface area contributed by atoms with Crippen molar-refractivity contribution in [2.45, 2.75) is 0 Å². The minimum atomic E-state index is 0.553. The van der Waals surface area contributed by atoms with Crippen LogP contribution in [-0.4, -0.2) is 0 Å². The van der Waals surface area contributed by atoms with Gasteiger partial charge in [-0.1, -0.05) is 46.4 Å². The van der Waals surface area contributed by atoms with E-state index in [0.717, 1.165) is 10.8 Å². The first-order chi connectivity index (χ1) is 6.58. The van der Waals surface area contributed by atoms with Gasteiger partial charge in [0.25, 0.3) is 0 Å². The van der Waals surface area contributed by atoms with E-state index in [1.54, 1.807) is 24.3 Å². The lowest BCUT2D eigenvalue weighted by Crippen LogP contribution is -1.77. The Hall–Kier alpha value is -0.140. The molecule has 72 valence electrons. The lowest BCUT2D eigenvalue weighted by molar-refractivity contribution is 1.74. The van der Waals surface area contributed by atoms with Crippen molar-refractivity contribution in [3.05, 3.63) is 44.4 Å². The summed E-state index contributed by atoms with van der Waals surface area (Å²) >= 11 is 23.7. The third-order valence-corrected chi connectivity index (χ3v) is 2.96. The van der Waals surface area contributed by atoms with Gasteiger partial charge in [-0.15, -0.1) is 0 Å². The van der Waals surface area contributed by atoms with Gasteiger partial charge in [-0.05, 0) is 24.3 Å². The van der Waals surface area contributed by atoms with Crippen LogP contribution in [0.1, 0.15) is 0 Å². The minimum absolute atomic E-state index is 0.553.